The summed E-state index contributed by atoms with van der Waals surface area (Å²) in [7, 11) is 0. The number of rotatable bonds is 3. The van der Waals surface area contributed by atoms with Gasteiger partial charge in [0.1, 0.15) is 0 Å². The van der Waals surface area contributed by atoms with Gasteiger partial charge in [0.05, 0.1) is 0 Å². The third-order valence-corrected chi connectivity index (χ3v) is 3.43. The van der Waals surface area contributed by atoms with E-state index in [1.807, 2.05) is 37.8 Å². The number of carbonyl (C=O) groups is 1. The van der Waals surface area contributed by atoms with Crippen LogP contribution in [0.25, 0.3) is 0 Å². The van der Waals surface area contributed by atoms with Crippen LogP contribution in [0.1, 0.15) is 36.7 Å². The first kappa shape index (κ1) is 13.7. The predicted molar refractivity (Wildman–Crippen MR) is 79.6 cm³/mol. The van der Waals surface area contributed by atoms with Crippen LogP contribution in [0.5, 0.6) is 0 Å². The van der Waals surface area contributed by atoms with E-state index in [4.69, 9.17) is 0 Å². The maximum absolute atomic E-state index is 12.6. The van der Waals surface area contributed by atoms with E-state index in [1.165, 1.54) is 5.56 Å². The lowest BCUT2D eigenvalue weighted by Crippen LogP contribution is -2.45. The van der Waals surface area contributed by atoms with E-state index in [2.05, 4.69) is 18.0 Å². The summed E-state index contributed by atoms with van der Waals surface area (Å²) in [6.45, 7) is 11.4. The molecule has 3 heteroatoms. The maximum atomic E-state index is 12.6. The molecule has 19 heavy (non-hydrogen) atoms. The SMILES string of the molecule is C=CCN(C(=O)c1ccc2c(c1)NCC2)C(C)(C)C. The lowest BCUT2D eigenvalue weighted by molar-refractivity contribution is 0.0616. The molecule has 2 rings (SSSR count). The van der Waals surface area contributed by atoms with Gasteiger partial charge in [0.15, 0.2) is 0 Å². The van der Waals surface area contributed by atoms with Crippen LogP contribution >= 0.6 is 0 Å². The van der Waals surface area contributed by atoms with Crippen LogP contribution in [0, 0.1) is 0 Å². The number of amides is 1. The van der Waals surface area contributed by atoms with E-state index in [-0.39, 0.29) is 11.4 Å². The van der Waals surface area contributed by atoms with Gasteiger partial charge in [0.25, 0.3) is 5.91 Å². The molecule has 0 saturated carbocycles. The normalized spacial score (nSPS) is 13.6. The number of benzene rings is 1. The second-order valence-corrected chi connectivity index (χ2v) is 5.92. The molecule has 0 unspecified atom stereocenters. The Morgan fingerprint density at radius 2 is 2.21 bits per heavy atom. The van der Waals surface area contributed by atoms with Crippen LogP contribution in [0.15, 0.2) is 30.9 Å². The lowest BCUT2D eigenvalue weighted by Gasteiger charge is -2.35. The van der Waals surface area contributed by atoms with Crippen LogP contribution in [0.2, 0.25) is 0 Å². The zero-order chi connectivity index (χ0) is 14.0. The van der Waals surface area contributed by atoms with E-state index in [9.17, 15) is 4.79 Å². The van der Waals surface area contributed by atoms with Gasteiger partial charge in [0.2, 0.25) is 0 Å². The highest BCUT2D eigenvalue weighted by molar-refractivity contribution is 5.96. The van der Waals surface area contributed by atoms with Crippen molar-refractivity contribution in [2.24, 2.45) is 0 Å². The Morgan fingerprint density at radius 3 is 2.84 bits per heavy atom. The maximum Gasteiger partial charge on any atom is 0.254 e. The zero-order valence-corrected chi connectivity index (χ0v) is 12.0. The molecule has 0 aromatic heterocycles. The minimum atomic E-state index is -0.211. The highest BCUT2D eigenvalue weighted by atomic mass is 16.2. The van der Waals surface area contributed by atoms with Crippen molar-refractivity contribution in [1.29, 1.82) is 0 Å². The molecule has 1 aromatic carbocycles. The summed E-state index contributed by atoms with van der Waals surface area (Å²) in [4.78, 5) is 14.5. The molecule has 3 nitrogen and oxygen atoms in total. The molecule has 0 atom stereocenters. The summed E-state index contributed by atoms with van der Waals surface area (Å²) < 4.78 is 0. The standard InChI is InChI=1S/C16H22N2O/c1-5-10-18(16(2,3)4)15(19)13-7-6-12-8-9-17-14(12)11-13/h5-7,11,17H,1,8-10H2,2-4H3. The summed E-state index contributed by atoms with van der Waals surface area (Å²) in [5.74, 6) is 0.0592. The van der Waals surface area contributed by atoms with Gasteiger partial charge >= 0.3 is 0 Å². The lowest BCUT2D eigenvalue weighted by atomic mass is 10.0. The largest absolute Gasteiger partial charge is 0.384 e. The monoisotopic (exact) mass is 258 g/mol. The van der Waals surface area contributed by atoms with Crippen molar-refractivity contribution in [2.75, 3.05) is 18.4 Å². The molecule has 1 aromatic rings. The molecule has 1 N–H and O–H groups in total. The van der Waals surface area contributed by atoms with Gasteiger partial charge in [-0.25, -0.2) is 0 Å². The van der Waals surface area contributed by atoms with Crippen LogP contribution in [0.4, 0.5) is 5.69 Å². The Morgan fingerprint density at radius 1 is 1.47 bits per heavy atom. The Balaban J connectivity index is 2.29. The summed E-state index contributed by atoms with van der Waals surface area (Å²) in [6.07, 6.45) is 2.81. The van der Waals surface area contributed by atoms with Gasteiger partial charge in [0, 0.05) is 29.9 Å². The quantitative estimate of drug-likeness (QED) is 0.845. The van der Waals surface area contributed by atoms with Gasteiger partial charge in [-0.3, -0.25) is 4.79 Å². The van der Waals surface area contributed by atoms with Crippen LogP contribution in [-0.2, 0) is 6.42 Å². The molecule has 1 amide bonds. The first-order chi connectivity index (χ1) is 8.93. The average Bonchev–Trinajstić information content (AvgIpc) is 2.80. The molecular weight excluding hydrogens is 236 g/mol. The van der Waals surface area contributed by atoms with Crippen molar-refractivity contribution in [3.8, 4) is 0 Å². The predicted octanol–water partition coefficient (Wildman–Crippen LogP) is 3.08. The van der Waals surface area contributed by atoms with Gasteiger partial charge < -0.3 is 10.2 Å². The smallest absolute Gasteiger partial charge is 0.254 e. The molecule has 1 aliphatic rings. The summed E-state index contributed by atoms with van der Waals surface area (Å²) in [5, 5.41) is 3.31. The van der Waals surface area contributed by atoms with Crippen molar-refractivity contribution in [3.63, 3.8) is 0 Å². The molecule has 0 bridgehead atoms. The van der Waals surface area contributed by atoms with E-state index in [1.54, 1.807) is 6.08 Å². The molecule has 0 radical (unpaired) electrons. The fraction of sp³-hybridized carbons (Fsp3) is 0.438. The van der Waals surface area contributed by atoms with E-state index in [0.29, 0.717) is 6.54 Å². The fourth-order valence-corrected chi connectivity index (χ4v) is 2.37. The van der Waals surface area contributed by atoms with E-state index >= 15 is 0 Å². The third-order valence-electron chi connectivity index (χ3n) is 3.43. The topological polar surface area (TPSA) is 32.3 Å². The number of hydrogen-bond acceptors (Lipinski definition) is 2. The highest BCUT2D eigenvalue weighted by Gasteiger charge is 2.26. The van der Waals surface area contributed by atoms with Gasteiger partial charge in [-0.1, -0.05) is 12.1 Å². The molecular formula is C16H22N2O. The van der Waals surface area contributed by atoms with Crippen molar-refractivity contribution < 1.29 is 4.79 Å². The number of anilines is 1. The molecule has 1 aliphatic heterocycles. The molecule has 1 heterocycles. The summed E-state index contributed by atoms with van der Waals surface area (Å²) in [5.41, 5.74) is 2.92. The second kappa shape index (κ2) is 5.08. The zero-order valence-electron chi connectivity index (χ0n) is 12.0. The highest BCUT2D eigenvalue weighted by Crippen LogP contribution is 2.25. The van der Waals surface area contributed by atoms with Crippen molar-refractivity contribution in [2.45, 2.75) is 32.7 Å². The number of hydrogen-bond donors (Lipinski definition) is 1. The fourth-order valence-electron chi connectivity index (χ4n) is 2.37. The Bertz CT molecular complexity index is 500. The molecule has 0 saturated heterocycles. The van der Waals surface area contributed by atoms with Crippen molar-refractivity contribution >= 4 is 11.6 Å². The first-order valence-corrected chi connectivity index (χ1v) is 6.73. The molecule has 102 valence electrons. The van der Waals surface area contributed by atoms with Gasteiger partial charge in [-0.2, -0.15) is 0 Å². The molecule has 0 spiro atoms. The van der Waals surface area contributed by atoms with Crippen molar-refractivity contribution in [3.05, 3.63) is 42.0 Å². The van der Waals surface area contributed by atoms with Crippen LogP contribution < -0.4 is 5.32 Å². The number of carbonyl (C=O) groups excluding carboxylic acids is 1. The number of fused-ring (bicyclic) bond motifs is 1. The minimum Gasteiger partial charge on any atom is -0.384 e. The second-order valence-electron chi connectivity index (χ2n) is 5.92. The van der Waals surface area contributed by atoms with Crippen LogP contribution in [-0.4, -0.2) is 29.4 Å². The Labute approximate surface area is 115 Å². The third kappa shape index (κ3) is 2.80. The first-order valence-electron chi connectivity index (χ1n) is 6.73. The van der Waals surface area contributed by atoms with Crippen LogP contribution in [0.3, 0.4) is 0 Å². The van der Waals surface area contributed by atoms with Crippen molar-refractivity contribution in [1.82, 2.24) is 4.90 Å². The minimum absolute atomic E-state index is 0.0592. The van der Waals surface area contributed by atoms with E-state index < -0.39 is 0 Å². The average molecular weight is 258 g/mol. The Kier molecular flexibility index (Phi) is 3.65. The summed E-state index contributed by atoms with van der Waals surface area (Å²) >= 11 is 0. The molecule has 0 aliphatic carbocycles. The number of nitrogens with one attached hydrogen (secondary N) is 1. The number of nitrogens with zero attached hydrogens (tertiary/aromatic N) is 1. The van der Waals surface area contributed by atoms with Gasteiger partial charge in [-0.05, 0) is 44.9 Å². The molecule has 0 fully saturated rings. The van der Waals surface area contributed by atoms with E-state index in [0.717, 1.165) is 24.2 Å². The Hall–Kier alpha value is -1.77. The van der Waals surface area contributed by atoms with Gasteiger partial charge in [-0.15, -0.1) is 6.58 Å². The summed E-state index contributed by atoms with van der Waals surface area (Å²) in [6, 6.07) is 5.94.